The number of anilines is 1. The van der Waals surface area contributed by atoms with E-state index in [-0.39, 0.29) is 0 Å². The Morgan fingerprint density at radius 2 is 2.28 bits per heavy atom. The molecule has 2 aromatic rings. The van der Waals surface area contributed by atoms with Gasteiger partial charge in [-0.1, -0.05) is 11.6 Å². The van der Waals surface area contributed by atoms with Crippen LogP contribution in [-0.4, -0.2) is 28.6 Å². The lowest BCUT2D eigenvalue weighted by atomic mass is 10.3. The summed E-state index contributed by atoms with van der Waals surface area (Å²) in [5.74, 6) is 0.890. The molecular weight excluding hydrogens is 272 g/mol. The van der Waals surface area contributed by atoms with Crippen LogP contribution in [0.15, 0.2) is 11.7 Å². The summed E-state index contributed by atoms with van der Waals surface area (Å²) in [5, 5.41) is 3.25. The average molecular weight is 285 g/mol. The molecular formula is C11H13ClN4OS. The van der Waals surface area contributed by atoms with E-state index in [9.17, 15) is 0 Å². The Morgan fingerprint density at radius 3 is 2.94 bits per heavy atom. The summed E-state index contributed by atoms with van der Waals surface area (Å²) in [4.78, 5) is 13.5. The fraction of sp³-hybridized carbons (Fsp3) is 0.364. The van der Waals surface area contributed by atoms with E-state index in [2.05, 4.69) is 20.3 Å². The van der Waals surface area contributed by atoms with Gasteiger partial charge in [0.1, 0.15) is 5.02 Å². The van der Waals surface area contributed by atoms with Gasteiger partial charge in [-0.2, -0.15) is 4.98 Å². The number of nitrogens with zero attached hydrogens (tertiary/aromatic N) is 3. The number of aromatic nitrogens is 3. The molecule has 0 unspecified atom stereocenters. The Hall–Kier alpha value is -1.40. The summed E-state index contributed by atoms with van der Waals surface area (Å²) >= 11 is 7.58. The number of hydrogen-bond donors (Lipinski definition) is 1. The second-order valence-corrected chi connectivity index (χ2v) is 4.90. The van der Waals surface area contributed by atoms with E-state index in [1.165, 1.54) is 11.1 Å². The van der Waals surface area contributed by atoms with Crippen LogP contribution in [-0.2, 0) is 6.42 Å². The molecule has 96 valence electrons. The monoisotopic (exact) mass is 284 g/mol. The van der Waals surface area contributed by atoms with Crippen molar-refractivity contribution in [3.8, 4) is 5.88 Å². The zero-order valence-electron chi connectivity index (χ0n) is 10.1. The van der Waals surface area contributed by atoms with Crippen LogP contribution >= 0.6 is 22.9 Å². The van der Waals surface area contributed by atoms with Crippen molar-refractivity contribution < 1.29 is 4.74 Å². The van der Waals surface area contributed by atoms with Gasteiger partial charge in [0.25, 0.3) is 0 Å². The van der Waals surface area contributed by atoms with Crippen LogP contribution in [0.4, 0.5) is 5.95 Å². The van der Waals surface area contributed by atoms with Crippen molar-refractivity contribution in [2.24, 2.45) is 0 Å². The molecule has 0 aliphatic heterocycles. The number of rotatable bonds is 5. The number of halogens is 1. The summed E-state index contributed by atoms with van der Waals surface area (Å²) in [6, 6.07) is 0. The van der Waals surface area contributed by atoms with Crippen molar-refractivity contribution >= 4 is 28.9 Å². The summed E-state index contributed by atoms with van der Waals surface area (Å²) in [7, 11) is 1.74. The topological polar surface area (TPSA) is 59.9 Å². The Kier molecular flexibility index (Phi) is 4.33. The van der Waals surface area contributed by atoms with Gasteiger partial charge < -0.3 is 10.1 Å². The molecule has 0 aliphatic carbocycles. The highest BCUT2D eigenvalue weighted by Gasteiger charge is 2.07. The smallest absolute Gasteiger partial charge is 0.237 e. The van der Waals surface area contributed by atoms with Crippen LogP contribution in [0.5, 0.6) is 5.88 Å². The average Bonchev–Trinajstić information content (AvgIpc) is 2.77. The van der Waals surface area contributed by atoms with Crippen molar-refractivity contribution in [3.63, 3.8) is 0 Å². The molecule has 18 heavy (non-hydrogen) atoms. The van der Waals surface area contributed by atoms with E-state index in [0.717, 1.165) is 12.1 Å². The van der Waals surface area contributed by atoms with Gasteiger partial charge >= 0.3 is 0 Å². The molecule has 0 aromatic carbocycles. The molecule has 0 amide bonds. The molecule has 0 saturated heterocycles. The van der Waals surface area contributed by atoms with Gasteiger partial charge in [-0.3, -0.25) is 0 Å². The Balaban J connectivity index is 1.96. The predicted molar refractivity (Wildman–Crippen MR) is 72.6 cm³/mol. The van der Waals surface area contributed by atoms with Gasteiger partial charge in [0, 0.05) is 18.3 Å². The lowest BCUT2D eigenvalue weighted by molar-refractivity contribution is 0.310. The highest BCUT2D eigenvalue weighted by atomic mass is 35.5. The summed E-state index contributed by atoms with van der Waals surface area (Å²) in [6.07, 6.45) is 2.32. The molecule has 5 nitrogen and oxygen atoms in total. The number of ether oxygens (including phenoxy) is 1. The highest BCUT2D eigenvalue weighted by Crippen LogP contribution is 2.22. The molecule has 2 rings (SSSR count). The van der Waals surface area contributed by atoms with Gasteiger partial charge in [-0.05, 0) is 6.92 Å². The Labute approximate surface area is 114 Å². The number of aryl methyl sites for hydroxylation is 1. The number of thiazole rings is 1. The lowest BCUT2D eigenvalue weighted by Gasteiger charge is -2.07. The molecule has 0 aliphatic rings. The predicted octanol–water partition coefficient (Wildman–Crippen LogP) is 2.56. The minimum Gasteiger partial charge on any atom is -0.476 e. The molecule has 0 spiro atoms. The van der Waals surface area contributed by atoms with Gasteiger partial charge in [-0.25, -0.2) is 9.97 Å². The quantitative estimate of drug-likeness (QED) is 0.914. The summed E-state index contributed by atoms with van der Waals surface area (Å²) < 4.78 is 5.56. The maximum Gasteiger partial charge on any atom is 0.237 e. The fourth-order valence-corrected chi connectivity index (χ4v) is 2.29. The largest absolute Gasteiger partial charge is 0.476 e. The summed E-state index contributed by atoms with van der Waals surface area (Å²) in [5.41, 5.74) is 2.88. The third kappa shape index (κ3) is 3.08. The van der Waals surface area contributed by atoms with Crippen molar-refractivity contribution in [2.45, 2.75) is 13.3 Å². The number of nitrogens with one attached hydrogen (secondary N) is 1. The minimum atomic E-state index is 0.401. The first-order chi connectivity index (χ1) is 8.70. The van der Waals surface area contributed by atoms with Crippen LogP contribution in [0.1, 0.15) is 10.6 Å². The van der Waals surface area contributed by atoms with Crippen molar-refractivity contribution in [2.75, 3.05) is 19.0 Å². The van der Waals surface area contributed by atoms with Crippen molar-refractivity contribution in [1.82, 2.24) is 15.0 Å². The molecule has 0 radical (unpaired) electrons. The van der Waals surface area contributed by atoms with Crippen LogP contribution in [0.3, 0.4) is 0 Å². The normalized spacial score (nSPS) is 10.4. The molecule has 1 N–H and O–H groups in total. The third-order valence-electron chi connectivity index (χ3n) is 2.35. The maximum atomic E-state index is 5.96. The van der Waals surface area contributed by atoms with E-state index in [4.69, 9.17) is 16.3 Å². The van der Waals surface area contributed by atoms with Crippen molar-refractivity contribution in [1.29, 1.82) is 0 Å². The standard InChI is InChI=1S/C11H13ClN4OS/c1-7-9(18-6-15-7)3-4-17-10-8(12)5-14-11(13-2)16-10/h5-6H,3-4H2,1-2H3,(H,13,14,16). The molecule has 2 aromatic heterocycles. The Bertz CT molecular complexity index is 532. The van der Waals surface area contributed by atoms with E-state index < -0.39 is 0 Å². The van der Waals surface area contributed by atoms with E-state index in [1.54, 1.807) is 18.4 Å². The molecule has 0 saturated carbocycles. The minimum absolute atomic E-state index is 0.401. The van der Waals surface area contributed by atoms with Crippen LogP contribution in [0, 0.1) is 6.92 Å². The van der Waals surface area contributed by atoms with Gasteiger partial charge in [0.05, 0.1) is 24.0 Å². The van der Waals surface area contributed by atoms with Gasteiger partial charge in [0.2, 0.25) is 11.8 Å². The van der Waals surface area contributed by atoms with E-state index in [1.807, 2.05) is 12.4 Å². The second-order valence-electron chi connectivity index (χ2n) is 3.56. The van der Waals surface area contributed by atoms with Crippen LogP contribution in [0.2, 0.25) is 5.02 Å². The molecule has 0 bridgehead atoms. The zero-order chi connectivity index (χ0) is 13.0. The first-order valence-electron chi connectivity index (χ1n) is 5.42. The first kappa shape index (κ1) is 13.0. The Morgan fingerprint density at radius 1 is 1.44 bits per heavy atom. The molecule has 7 heteroatoms. The molecule has 0 atom stereocenters. The maximum absolute atomic E-state index is 5.96. The number of hydrogen-bond acceptors (Lipinski definition) is 6. The van der Waals surface area contributed by atoms with Crippen molar-refractivity contribution in [3.05, 3.63) is 27.3 Å². The van der Waals surface area contributed by atoms with Crippen LogP contribution < -0.4 is 10.1 Å². The second kappa shape index (κ2) is 5.97. The SMILES string of the molecule is CNc1ncc(Cl)c(OCCc2scnc2C)n1. The lowest BCUT2D eigenvalue weighted by Crippen LogP contribution is -2.05. The van der Waals surface area contributed by atoms with Gasteiger partial charge in [0.15, 0.2) is 0 Å². The highest BCUT2D eigenvalue weighted by molar-refractivity contribution is 7.09. The van der Waals surface area contributed by atoms with Gasteiger partial charge in [-0.15, -0.1) is 11.3 Å². The molecule has 0 fully saturated rings. The first-order valence-corrected chi connectivity index (χ1v) is 6.68. The zero-order valence-corrected chi connectivity index (χ0v) is 11.7. The van der Waals surface area contributed by atoms with E-state index in [0.29, 0.717) is 23.5 Å². The fourth-order valence-electron chi connectivity index (χ4n) is 1.38. The summed E-state index contributed by atoms with van der Waals surface area (Å²) in [6.45, 7) is 2.51. The van der Waals surface area contributed by atoms with Crippen LogP contribution in [0.25, 0.3) is 0 Å². The third-order valence-corrected chi connectivity index (χ3v) is 3.60. The van der Waals surface area contributed by atoms with E-state index >= 15 is 0 Å². The molecule has 2 heterocycles.